The minimum absolute atomic E-state index is 0.0843. The lowest BCUT2D eigenvalue weighted by molar-refractivity contribution is -0.0734. The van der Waals surface area contributed by atoms with Crippen LogP contribution in [0.25, 0.3) is 0 Å². The molecule has 2 fully saturated rings. The quantitative estimate of drug-likeness (QED) is 0.501. The fraction of sp³-hybridized carbons (Fsp3) is 0.435. The molecule has 1 amide bonds. The first-order chi connectivity index (χ1) is 16.0. The van der Waals surface area contributed by atoms with Gasteiger partial charge in [-0.2, -0.15) is 0 Å². The maximum Gasteiger partial charge on any atom is 0.255 e. The zero-order valence-corrected chi connectivity index (χ0v) is 19.5. The van der Waals surface area contributed by atoms with E-state index >= 15 is 0 Å². The van der Waals surface area contributed by atoms with Crippen LogP contribution in [0.1, 0.15) is 42.5 Å². The Morgan fingerprint density at radius 2 is 1.68 bits per heavy atom. The number of benzene rings is 2. The molecular formula is C23H23ClF3NO5S. The van der Waals surface area contributed by atoms with Crippen LogP contribution in [-0.2, 0) is 9.84 Å². The molecule has 2 aromatic rings. The monoisotopic (exact) mass is 517 g/mol. The molecule has 0 saturated heterocycles. The Labute approximate surface area is 199 Å². The first-order valence-corrected chi connectivity index (χ1v) is 12.7. The van der Waals surface area contributed by atoms with Crippen LogP contribution in [0.4, 0.5) is 18.9 Å². The van der Waals surface area contributed by atoms with Crippen molar-refractivity contribution in [1.82, 2.24) is 0 Å². The van der Waals surface area contributed by atoms with Crippen LogP contribution in [0.2, 0.25) is 5.02 Å². The maximum absolute atomic E-state index is 13.5. The second-order valence-electron chi connectivity index (χ2n) is 8.93. The number of hydrogen-bond acceptors (Lipinski definition) is 5. The molecule has 4 rings (SSSR count). The highest BCUT2D eigenvalue weighted by molar-refractivity contribution is 7.92. The van der Waals surface area contributed by atoms with Gasteiger partial charge in [-0.1, -0.05) is 11.6 Å². The molecule has 3 N–H and O–H groups in total. The summed E-state index contributed by atoms with van der Waals surface area (Å²) in [6, 6.07) is 4.82. The van der Waals surface area contributed by atoms with Crippen molar-refractivity contribution in [3.8, 4) is 0 Å². The Kier molecular flexibility index (Phi) is 6.71. The standard InChI is InChI=1S/C23H23ClF3NO5S/c24-17-4-1-12(22(30)28-15-10-18(25)21(27)19(26)11-15)7-20(17)34(32,33)16-8-13-2-3-14(9-16)23(13,31)5-6-29/h1,4,7,10-11,13-14,16,29,31H,2-3,5-6,8-9H2,(H,28,30)/t13-,14?,16?,23?/m0/s1. The smallest absolute Gasteiger partial charge is 0.255 e. The van der Waals surface area contributed by atoms with Gasteiger partial charge >= 0.3 is 0 Å². The zero-order valence-electron chi connectivity index (χ0n) is 17.9. The van der Waals surface area contributed by atoms with E-state index < -0.39 is 44.0 Å². The van der Waals surface area contributed by atoms with E-state index in [0.717, 1.165) is 6.07 Å². The first kappa shape index (κ1) is 25.0. The Bertz CT molecular complexity index is 1200. The fourth-order valence-electron chi connectivity index (χ4n) is 5.32. The highest BCUT2D eigenvalue weighted by Crippen LogP contribution is 2.53. The molecule has 0 aromatic heterocycles. The second-order valence-corrected chi connectivity index (χ2v) is 11.5. The van der Waals surface area contributed by atoms with Crippen molar-refractivity contribution in [3.05, 3.63) is 58.4 Å². The summed E-state index contributed by atoms with van der Waals surface area (Å²) in [7, 11) is -3.99. The van der Waals surface area contributed by atoms with Gasteiger partial charge in [-0.15, -0.1) is 0 Å². The van der Waals surface area contributed by atoms with Gasteiger partial charge in [0.25, 0.3) is 5.91 Å². The van der Waals surface area contributed by atoms with Crippen LogP contribution in [0, 0.1) is 29.3 Å². The van der Waals surface area contributed by atoms with Gasteiger partial charge in [0.1, 0.15) is 0 Å². The number of aliphatic hydroxyl groups is 2. The number of fused-ring (bicyclic) bond motifs is 2. The van der Waals surface area contributed by atoms with Crippen molar-refractivity contribution in [1.29, 1.82) is 0 Å². The average molecular weight is 518 g/mol. The molecule has 0 radical (unpaired) electrons. The van der Waals surface area contributed by atoms with Crippen molar-refractivity contribution < 1.29 is 36.6 Å². The van der Waals surface area contributed by atoms with Crippen molar-refractivity contribution in [2.45, 2.75) is 47.9 Å². The third kappa shape index (κ3) is 4.32. The van der Waals surface area contributed by atoms with Gasteiger partial charge in [0.15, 0.2) is 27.3 Å². The molecule has 2 aromatic carbocycles. The topological polar surface area (TPSA) is 104 Å². The molecule has 11 heteroatoms. The predicted octanol–water partition coefficient (Wildman–Crippen LogP) is 4.09. The number of anilines is 1. The summed E-state index contributed by atoms with van der Waals surface area (Å²) >= 11 is 6.18. The van der Waals surface area contributed by atoms with E-state index in [2.05, 4.69) is 5.32 Å². The van der Waals surface area contributed by atoms with Gasteiger partial charge in [-0.3, -0.25) is 4.79 Å². The van der Waals surface area contributed by atoms with Crippen LogP contribution < -0.4 is 5.32 Å². The van der Waals surface area contributed by atoms with E-state index in [9.17, 15) is 36.6 Å². The summed E-state index contributed by atoms with van der Waals surface area (Å²) in [5.41, 5.74) is -1.55. The number of hydrogen-bond donors (Lipinski definition) is 3. The molecule has 0 aliphatic heterocycles. The molecule has 2 aliphatic rings. The van der Waals surface area contributed by atoms with Gasteiger partial charge in [0, 0.05) is 30.0 Å². The third-order valence-electron chi connectivity index (χ3n) is 7.07. The Balaban J connectivity index is 1.59. The lowest BCUT2D eigenvalue weighted by Crippen LogP contribution is -2.48. The van der Waals surface area contributed by atoms with Crippen LogP contribution >= 0.6 is 11.6 Å². The lowest BCUT2D eigenvalue weighted by atomic mass is 9.72. The van der Waals surface area contributed by atoms with E-state index in [1.807, 2.05) is 0 Å². The highest BCUT2D eigenvalue weighted by Gasteiger charge is 2.55. The summed E-state index contributed by atoms with van der Waals surface area (Å²) in [5.74, 6) is -6.05. The van der Waals surface area contributed by atoms with Gasteiger partial charge < -0.3 is 15.5 Å². The minimum atomic E-state index is -3.99. The molecule has 184 valence electrons. The van der Waals surface area contributed by atoms with E-state index in [0.29, 0.717) is 25.0 Å². The molecule has 2 saturated carbocycles. The molecule has 6 nitrogen and oxygen atoms in total. The third-order valence-corrected chi connectivity index (χ3v) is 9.72. The Morgan fingerprint density at radius 3 is 2.24 bits per heavy atom. The minimum Gasteiger partial charge on any atom is -0.396 e. The van der Waals surface area contributed by atoms with Gasteiger partial charge in [0.05, 0.1) is 20.8 Å². The van der Waals surface area contributed by atoms with Crippen LogP contribution in [0.5, 0.6) is 0 Å². The van der Waals surface area contributed by atoms with E-state index in [1.54, 1.807) is 0 Å². The SMILES string of the molecule is O=C(Nc1cc(F)c(F)c(F)c1)c1ccc(Cl)c(S(=O)(=O)C2CC3CC[C@@H](C2)C3(O)CCO)c1. The number of carbonyl (C=O) groups is 1. The second kappa shape index (κ2) is 9.14. The number of carbonyl (C=O) groups excluding carboxylic acids is 1. The van der Waals surface area contributed by atoms with Crippen LogP contribution in [0.15, 0.2) is 35.2 Å². The number of sulfone groups is 1. The molecule has 3 unspecified atom stereocenters. The molecule has 34 heavy (non-hydrogen) atoms. The largest absolute Gasteiger partial charge is 0.396 e. The Hall–Kier alpha value is -2.14. The number of rotatable bonds is 6. The van der Waals surface area contributed by atoms with E-state index in [-0.39, 0.29) is 58.9 Å². The number of aliphatic hydroxyl groups excluding tert-OH is 1. The maximum atomic E-state index is 13.5. The normalized spacial score (nSPS) is 26.5. The zero-order chi connectivity index (χ0) is 24.8. The molecule has 0 spiro atoms. The van der Waals surface area contributed by atoms with Gasteiger partial charge in [-0.25, -0.2) is 21.6 Å². The number of halogens is 4. The number of nitrogens with one attached hydrogen (secondary N) is 1. The summed E-state index contributed by atoms with van der Waals surface area (Å²) in [5, 5.41) is 21.6. The van der Waals surface area contributed by atoms with Gasteiger partial charge in [-0.05, 0) is 62.1 Å². The van der Waals surface area contributed by atoms with Crippen molar-refractivity contribution in [2.24, 2.45) is 11.8 Å². The molecule has 2 aliphatic carbocycles. The van der Waals surface area contributed by atoms with Crippen molar-refractivity contribution in [2.75, 3.05) is 11.9 Å². The summed E-state index contributed by atoms with van der Waals surface area (Å²) in [6.07, 6.45) is 1.92. The van der Waals surface area contributed by atoms with Gasteiger partial charge in [0.2, 0.25) is 0 Å². The van der Waals surface area contributed by atoms with Crippen molar-refractivity contribution >= 4 is 33.0 Å². The number of amides is 1. The van der Waals surface area contributed by atoms with Crippen molar-refractivity contribution in [3.63, 3.8) is 0 Å². The van der Waals surface area contributed by atoms with Crippen LogP contribution in [-0.4, -0.2) is 42.0 Å². The summed E-state index contributed by atoms with van der Waals surface area (Å²) < 4.78 is 67.0. The predicted molar refractivity (Wildman–Crippen MR) is 119 cm³/mol. The highest BCUT2D eigenvalue weighted by atomic mass is 35.5. The first-order valence-electron chi connectivity index (χ1n) is 10.8. The lowest BCUT2D eigenvalue weighted by Gasteiger charge is -2.42. The summed E-state index contributed by atoms with van der Waals surface area (Å²) in [4.78, 5) is 12.4. The molecule has 2 bridgehead atoms. The fourth-order valence-corrected chi connectivity index (χ4v) is 7.73. The van der Waals surface area contributed by atoms with Crippen LogP contribution in [0.3, 0.4) is 0 Å². The summed E-state index contributed by atoms with van der Waals surface area (Å²) in [6.45, 7) is -0.189. The molecule has 4 atom stereocenters. The van der Waals surface area contributed by atoms with E-state index in [1.165, 1.54) is 12.1 Å². The Morgan fingerprint density at radius 1 is 1.09 bits per heavy atom. The van der Waals surface area contributed by atoms with E-state index in [4.69, 9.17) is 11.6 Å². The average Bonchev–Trinajstić information content (AvgIpc) is 2.93. The molecular weight excluding hydrogens is 495 g/mol. The molecule has 0 heterocycles.